The van der Waals surface area contributed by atoms with E-state index < -0.39 is 0 Å². The van der Waals surface area contributed by atoms with Crippen molar-refractivity contribution in [3.8, 4) is 0 Å². The fourth-order valence-corrected chi connectivity index (χ4v) is 3.22. The monoisotopic (exact) mass is 255 g/mol. The number of carbonyl (C=O) groups excluding carboxylic acids is 1. The van der Waals surface area contributed by atoms with E-state index in [2.05, 4.69) is 39.5 Å². The van der Waals surface area contributed by atoms with Crippen LogP contribution in [0.4, 0.5) is 0 Å². The van der Waals surface area contributed by atoms with Crippen LogP contribution in [0.3, 0.4) is 0 Å². The highest BCUT2D eigenvalue weighted by molar-refractivity contribution is 5.82. The van der Waals surface area contributed by atoms with Gasteiger partial charge in [0.05, 0.1) is 12.0 Å². The van der Waals surface area contributed by atoms with Crippen molar-refractivity contribution < 1.29 is 9.53 Å². The Kier molecular flexibility index (Phi) is 4.16. The van der Waals surface area contributed by atoms with Crippen molar-refractivity contribution in [1.29, 1.82) is 0 Å². The van der Waals surface area contributed by atoms with E-state index in [-0.39, 0.29) is 22.2 Å². The molecule has 1 rings (SSSR count). The van der Waals surface area contributed by atoms with Crippen molar-refractivity contribution in [2.45, 2.75) is 47.5 Å². The summed E-state index contributed by atoms with van der Waals surface area (Å²) in [6, 6.07) is 0. The summed E-state index contributed by atoms with van der Waals surface area (Å²) in [5.41, 5.74) is -0.253. The van der Waals surface area contributed by atoms with Crippen LogP contribution in [0.15, 0.2) is 0 Å². The summed E-state index contributed by atoms with van der Waals surface area (Å²) in [7, 11) is 4.06. The molecule has 0 aromatic rings. The molecular weight excluding hydrogens is 226 g/mol. The van der Waals surface area contributed by atoms with Gasteiger partial charge in [-0.05, 0) is 37.8 Å². The molecule has 106 valence electrons. The number of rotatable bonds is 5. The molecule has 1 aliphatic rings. The topological polar surface area (TPSA) is 29.5 Å². The highest BCUT2D eigenvalue weighted by atomic mass is 16.5. The number of hydrogen-bond acceptors (Lipinski definition) is 3. The third-order valence-electron chi connectivity index (χ3n) is 4.35. The van der Waals surface area contributed by atoms with Crippen molar-refractivity contribution in [3.63, 3.8) is 0 Å². The molecule has 0 N–H and O–H groups in total. The zero-order valence-corrected chi connectivity index (χ0v) is 13.1. The van der Waals surface area contributed by atoms with E-state index >= 15 is 0 Å². The Labute approximate surface area is 112 Å². The predicted octanol–water partition coefficient (Wildman–Crippen LogP) is 2.94. The highest BCUT2D eigenvalue weighted by Crippen LogP contribution is 2.72. The number of ether oxygens (including phenoxy) is 1. The molecule has 1 atom stereocenters. The second-order valence-corrected chi connectivity index (χ2v) is 7.51. The maximum absolute atomic E-state index is 12.4. The highest BCUT2D eigenvalue weighted by Gasteiger charge is 2.72. The molecule has 0 radical (unpaired) electrons. The first-order chi connectivity index (χ1) is 8.04. The molecule has 1 fully saturated rings. The normalized spacial score (nSPS) is 26.2. The summed E-state index contributed by atoms with van der Waals surface area (Å²) in [6.45, 7) is 12.2. The van der Waals surface area contributed by atoms with Gasteiger partial charge in [0.1, 0.15) is 0 Å². The molecule has 1 aliphatic carbocycles. The van der Waals surface area contributed by atoms with Gasteiger partial charge in [0.15, 0.2) is 0 Å². The summed E-state index contributed by atoms with van der Waals surface area (Å²) in [5.74, 6) is -0.00115. The van der Waals surface area contributed by atoms with E-state index in [0.29, 0.717) is 6.61 Å². The molecule has 0 aromatic heterocycles. The second-order valence-electron chi connectivity index (χ2n) is 7.51. The van der Waals surface area contributed by atoms with Gasteiger partial charge in [-0.1, -0.05) is 34.6 Å². The Hall–Kier alpha value is -0.570. The molecule has 1 unspecified atom stereocenters. The quantitative estimate of drug-likeness (QED) is 0.559. The van der Waals surface area contributed by atoms with Crippen molar-refractivity contribution >= 4 is 5.97 Å². The molecule has 0 aliphatic heterocycles. The summed E-state index contributed by atoms with van der Waals surface area (Å²) >= 11 is 0. The molecular formula is C15H29NO2. The summed E-state index contributed by atoms with van der Waals surface area (Å²) in [5, 5.41) is 0. The Morgan fingerprint density at radius 3 is 2.11 bits per heavy atom. The lowest BCUT2D eigenvalue weighted by atomic mass is 9.73. The van der Waals surface area contributed by atoms with E-state index in [1.165, 1.54) is 0 Å². The SMILES string of the molecule is CN(C)CCCOC(=O)C1(C(C)(C)C)CC1(C)C. The zero-order valence-electron chi connectivity index (χ0n) is 13.1. The van der Waals surface area contributed by atoms with Crippen LogP contribution in [-0.2, 0) is 9.53 Å². The molecule has 18 heavy (non-hydrogen) atoms. The van der Waals surface area contributed by atoms with Gasteiger partial charge in [0, 0.05) is 6.54 Å². The van der Waals surface area contributed by atoms with Gasteiger partial charge in [-0.25, -0.2) is 0 Å². The number of carbonyl (C=O) groups is 1. The standard InChI is InChI=1S/C15H29NO2/c1-13(2,3)15(11-14(15,4)5)12(17)18-10-8-9-16(6)7/h8-11H2,1-7H3. The fraction of sp³-hybridized carbons (Fsp3) is 0.933. The molecule has 0 aromatic carbocycles. The van der Waals surface area contributed by atoms with Crippen molar-refractivity contribution in [3.05, 3.63) is 0 Å². The number of hydrogen-bond donors (Lipinski definition) is 0. The van der Waals surface area contributed by atoms with Gasteiger partial charge in [-0.3, -0.25) is 4.79 Å². The molecule has 3 heteroatoms. The molecule has 0 amide bonds. The first-order valence-corrected chi connectivity index (χ1v) is 6.86. The van der Waals surface area contributed by atoms with E-state index in [1.807, 2.05) is 14.1 Å². The lowest BCUT2D eigenvalue weighted by Crippen LogP contribution is -2.36. The van der Waals surface area contributed by atoms with Crippen molar-refractivity contribution in [2.24, 2.45) is 16.2 Å². The van der Waals surface area contributed by atoms with Crippen LogP contribution in [0, 0.1) is 16.2 Å². The van der Waals surface area contributed by atoms with Gasteiger partial charge in [-0.2, -0.15) is 0 Å². The Morgan fingerprint density at radius 2 is 1.78 bits per heavy atom. The van der Waals surface area contributed by atoms with Crippen LogP contribution in [0.1, 0.15) is 47.5 Å². The van der Waals surface area contributed by atoms with Gasteiger partial charge in [0.2, 0.25) is 0 Å². The minimum atomic E-state index is -0.294. The minimum Gasteiger partial charge on any atom is -0.465 e. The predicted molar refractivity (Wildman–Crippen MR) is 74.4 cm³/mol. The van der Waals surface area contributed by atoms with Crippen LogP contribution in [0.5, 0.6) is 0 Å². The lowest BCUT2D eigenvalue weighted by Gasteiger charge is -2.32. The third kappa shape index (κ3) is 2.71. The van der Waals surface area contributed by atoms with Crippen LogP contribution in [0.2, 0.25) is 0 Å². The van der Waals surface area contributed by atoms with Crippen molar-refractivity contribution in [1.82, 2.24) is 4.90 Å². The third-order valence-corrected chi connectivity index (χ3v) is 4.35. The fourth-order valence-electron chi connectivity index (χ4n) is 3.22. The molecule has 0 spiro atoms. The van der Waals surface area contributed by atoms with Gasteiger partial charge in [-0.15, -0.1) is 0 Å². The van der Waals surface area contributed by atoms with Gasteiger partial charge < -0.3 is 9.64 Å². The molecule has 0 heterocycles. The van der Waals surface area contributed by atoms with E-state index in [4.69, 9.17) is 4.74 Å². The van der Waals surface area contributed by atoms with E-state index in [0.717, 1.165) is 19.4 Å². The Balaban J connectivity index is 2.55. The summed E-state index contributed by atoms with van der Waals surface area (Å²) < 4.78 is 5.52. The molecule has 0 bridgehead atoms. The van der Waals surface area contributed by atoms with Crippen LogP contribution >= 0.6 is 0 Å². The van der Waals surface area contributed by atoms with Crippen LogP contribution < -0.4 is 0 Å². The lowest BCUT2D eigenvalue weighted by molar-refractivity contribution is -0.157. The van der Waals surface area contributed by atoms with Crippen LogP contribution in [-0.4, -0.2) is 38.1 Å². The first-order valence-electron chi connectivity index (χ1n) is 6.86. The summed E-state index contributed by atoms with van der Waals surface area (Å²) in [6.07, 6.45) is 1.84. The number of esters is 1. The van der Waals surface area contributed by atoms with Crippen molar-refractivity contribution in [2.75, 3.05) is 27.2 Å². The Morgan fingerprint density at radius 1 is 1.28 bits per heavy atom. The molecule has 3 nitrogen and oxygen atoms in total. The smallest absolute Gasteiger partial charge is 0.313 e. The van der Waals surface area contributed by atoms with E-state index in [9.17, 15) is 4.79 Å². The van der Waals surface area contributed by atoms with Gasteiger partial charge in [0.25, 0.3) is 0 Å². The van der Waals surface area contributed by atoms with E-state index in [1.54, 1.807) is 0 Å². The Bertz CT molecular complexity index is 315. The van der Waals surface area contributed by atoms with Crippen LogP contribution in [0.25, 0.3) is 0 Å². The minimum absolute atomic E-state index is 0.00115. The first kappa shape index (κ1) is 15.5. The largest absolute Gasteiger partial charge is 0.465 e. The average Bonchev–Trinajstić information content (AvgIpc) is 2.77. The maximum atomic E-state index is 12.4. The molecule has 0 saturated heterocycles. The second kappa shape index (κ2) is 4.84. The molecule has 1 saturated carbocycles. The maximum Gasteiger partial charge on any atom is 0.313 e. The number of nitrogens with zero attached hydrogens (tertiary/aromatic N) is 1. The zero-order chi connectivity index (χ0) is 14.2. The average molecular weight is 255 g/mol. The van der Waals surface area contributed by atoms with Gasteiger partial charge >= 0.3 is 5.97 Å². The summed E-state index contributed by atoms with van der Waals surface area (Å²) in [4.78, 5) is 14.5.